The van der Waals surface area contributed by atoms with Gasteiger partial charge in [-0.05, 0) is 33.9 Å². The molecule has 1 heterocycles. The van der Waals surface area contributed by atoms with Crippen LogP contribution in [-0.2, 0) is 16.0 Å². The van der Waals surface area contributed by atoms with Crippen molar-refractivity contribution in [3.8, 4) is 17.2 Å². The van der Waals surface area contributed by atoms with Crippen LogP contribution in [0.2, 0.25) is 0 Å². The average molecular weight is 413 g/mol. The lowest BCUT2D eigenvalue weighted by Crippen LogP contribution is -2.43. The highest BCUT2D eigenvalue weighted by molar-refractivity contribution is 5.81. The van der Waals surface area contributed by atoms with Crippen molar-refractivity contribution in [3.63, 3.8) is 0 Å². The zero-order valence-corrected chi connectivity index (χ0v) is 16.5. The molecule has 3 aromatic rings. The Morgan fingerprint density at radius 3 is 2.35 bits per heavy atom. The van der Waals surface area contributed by atoms with Crippen LogP contribution in [0.15, 0.2) is 67.0 Å². The number of carboxylic acids is 1. The summed E-state index contributed by atoms with van der Waals surface area (Å²) in [6, 6.07) is 18.2. The predicted octanol–water partition coefficient (Wildman–Crippen LogP) is 3.49. The van der Waals surface area contributed by atoms with Crippen LogP contribution in [0.4, 0.5) is 4.79 Å². The summed E-state index contributed by atoms with van der Waals surface area (Å²) in [6.07, 6.45) is 1.97. The molecule has 0 fully saturated rings. The first-order valence-corrected chi connectivity index (χ1v) is 9.75. The van der Waals surface area contributed by atoms with Gasteiger partial charge in [-0.2, -0.15) is 5.26 Å². The summed E-state index contributed by atoms with van der Waals surface area (Å²) in [7, 11) is 0. The Kier molecular flexibility index (Phi) is 5.63. The maximum absolute atomic E-state index is 12.4. The SMILES string of the molecule is N#Cc1cnccc1CC(NC(=O)OCC1c2ccccc2-c2ccccc21)C(=O)O. The van der Waals surface area contributed by atoms with E-state index < -0.39 is 18.1 Å². The molecule has 2 N–H and O–H groups in total. The maximum atomic E-state index is 12.4. The minimum atomic E-state index is -1.23. The number of carboxylic acid groups (broad SMARTS) is 1. The first-order chi connectivity index (χ1) is 15.1. The third-order valence-corrected chi connectivity index (χ3v) is 5.39. The highest BCUT2D eigenvalue weighted by atomic mass is 16.5. The lowest BCUT2D eigenvalue weighted by Gasteiger charge is -2.18. The molecule has 0 radical (unpaired) electrons. The summed E-state index contributed by atoms with van der Waals surface area (Å²) in [4.78, 5) is 27.9. The summed E-state index contributed by atoms with van der Waals surface area (Å²) < 4.78 is 5.42. The molecule has 1 aliphatic carbocycles. The summed E-state index contributed by atoms with van der Waals surface area (Å²) in [5.74, 6) is -1.33. The molecule has 154 valence electrons. The number of hydrogen-bond acceptors (Lipinski definition) is 5. The second-order valence-corrected chi connectivity index (χ2v) is 7.21. The van der Waals surface area contributed by atoms with Gasteiger partial charge in [0.1, 0.15) is 18.7 Å². The Morgan fingerprint density at radius 2 is 1.74 bits per heavy atom. The number of aliphatic carboxylic acids is 1. The number of benzene rings is 2. The molecule has 4 rings (SSSR count). The summed E-state index contributed by atoms with van der Waals surface area (Å²) >= 11 is 0. The Morgan fingerprint density at radius 1 is 1.10 bits per heavy atom. The van der Waals surface area contributed by atoms with E-state index in [-0.39, 0.29) is 24.5 Å². The van der Waals surface area contributed by atoms with Crippen molar-refractivity contribution in [2.75, 3.05) is 6.61 Å². The molecule has 1 unspecified atom stereocenters. The van der Waals surface area contributed by atoms with Crippen molar-refractivity contribution in [2.45, 2.75) is 18.4 Å². The Balaban J connectivity index is 1.45. The highest BCUT2D eigenvalue weighted by Gasteiger charge is 2.30. The lowest BCUT2D eigenvalue weighted by molar-refractivity contribution is -0.139. The number of aromatic nitrogens is 1. The fraction of sp³-hybridized carbons (Fsp3) is 0.167. The number of rotatable bonds is 6. The maximum Gasteiger partial charge on any atom is 0.407 e. The Bertz CT molecular complexity index is 1140. The van der Waals surface area contributed by atoms with E-state index in [2.05, 4.69) is 10.3 Å². The van der Waals surface area contributed by atoms with Crippen LogP contribution in [0.3, 0.4) is 0 Å². The summed E-state index contributed by atoms with van der Waals surface area (Å²) in [5, 5.41) is 21.1. The van der Waals surface area contributed by atoms with Gasteiger partial charge in [-0.3, -0.25) is 4.98 Å². The highest BCUT2D eigenvalue weighted by Crippen LogP contribution is 2.44. The Labute approximate surface area is 178 Å². The molecule has 2 aromatic carbocycles. The number of carbonyl (C=O) groups excluding carboxylic acids is 1. The standard InChI is InChI=1S/C24H19N3O4/c25-12-16-13-26-10-9-15(16)11-22(23(28)29)27-24(30)31-14-21-19-7-3-1-5-17(19)18-6-2-4-8-20(18)21/h1-10,13,21-22H,11,14H2,(H,27,30)(H,28,29). The van der Waals surface area contributed by atoms with E-state index in [1.807, 2.05) is 54.6 Å². The number of nitriles is 1. The van der Waals surface area contributed by atoms with Crippen LogP contribution in [0.1, 0.15) is 28.2 Å². The number of fused-ring (bicyclic) bond motifs is 3. The van der Waals surface area contributed by atoms with E-state index in [9.17, 15) is 14.7 Å². The van der Waals surface area contributed by atoms with Crippen molar-refractivity contribution in [2.24, 2.45) is 0 Å². The van der Waals surface area contributed by atoms with Gasteiger partial charge >= 0.3 is 12.1 Å². The van der Waals surface area contributed by atoms with Crippen molar-refractivity contribution >= 4 is 12.1 Å². The fourth-order valence-electron chi connectivity index (χ4n) is 3.90. The predicted molar refractivity (Wildman–Crippen MR) is 112 cm³/mol. The minimum absolute atomic E-state index is 0.0507. The Hall–Kier alpha value is -4.18. The van der Waals surface area contributed by atoms with Crippen molar-refractivity contribution in [1.29, 1.82) is 5.26 Å². The molecule has 1 aromatic heterocycles. The number of nitrogens with zero attached hydrogens (tertiary/aromatic N) is 2. The number of nitrogens with one attached hydrogen (secondary N) is 1. The number of ether oxygens (including phenoxy) is 1. The van der Waals surface area contributed by atoms with Crippen LogP contribution in [-0.4, -0.2) is 34.8 Å². The molecule has 0 saturated carbocycles. The first-order valence-electron chi connectivity index (χ1n) is 9.75. The molecule has 0 saturated heterocycles. The van der Waals surface area contributed by atoms with Gasteiger partial charge in [0.25, 0.3) is 0 Å². The van der Waals surface area contributed by atoms with Crippen LogP contribution in [0.5, 0.6) is 0 Å². The molecule has 1 aliphatic rings. The second kappa shape index (κ2) is 8.67. The minimum Gasteiger partial charge on any atom is -0.480 e. The largest absolute Gasteiger partial charge is 0.480 e. The zero-order chi connectivity index (χ0) is 21.8. The average Bonchev–Trinajstić information content (AvgIpc) is 3.11. The van der Waals surface area contributed by atoms with Crippen molar-refractivity contribution < 1.29 is 19.4 Å². The molecule has 31 heavy (non-hydrogen) atoms. The molecule has 7 heteroatoms. The van der Waals surface area contributed by atoms with Gasteiger partial charge in [0.2, 0.25) is 0 Å². The third-order valence-electron chi connectivity index (χ3n) is 5.39. The van der Waals surface area contributed by atoms with E-state index in [1.54, 1.807) is 6.07 Å². The second-order valence-electron chi connectivity index (χ2n) is 7.21. The van der Waals surface area contributed by atoms with Crippen molar-refractivity contribution in [3.05, 3.63) is 89.2 Å². The molecule has 1 atom stereocenters. The van der Waals surface area contributed by atoms with Gasteiger partial charge in [0.05, 0.1) is 5.56 Å². The number of alkyl carbamates (subject to hydrolysis) is 1. The normalized spacial score (nSPS) is 12.9. The van der Waals surface area contributed by atoms with Gasteiger partial charge in [-0.1, -0.05) is 48.5 Å². The van der Waals surface area contributed by atoms with E-state index in [0.29, 0.717) is 5.56 Å². The smallest absolute Gasteiger partial charge is 0.407 e. The number of pyridine rings is 1. The molecule has 0 aliphatic heterocycles. The van der Waals surface area contributed by atoms with Crippen LogP contribution >= 0.6 is 0 Å². The molecular weight excluding hydrogens is 394 g/mol. The van der Waals surface area contributed by atoms with Gasteiger partial charge in [0.15, 0.2) is 0 Å². The molecule has 7 nitrogen and oxygen atoms in total. The number of amides is 1. The summed E-state index contributed by atoms with van der Waals surface area (Å²) in [5.41, 5.74) is 5.12. The molecule has 0 spiro atoms. The van der Waals surface area contributed by atoms with Gasteiger partial charge in [-0.15, -0.1) is 0 Å². The van der Waals surface area contributed by atoms with E-state index >= 15 is 0 Å². The quantitative estimate of drug-likeness (QED) is 0.640. The topological polar surface area (TPSA) is 112 Å². The fourth-order valence-corrected chi connectivity index (χ4v) is 3.90. The van der Waals surface area contributed by atoms with E-state index in [1.165, 1.54) is 12.4 Å². The van der Waals surface area contributed by atoms with Crippen LogP contribution in [0.25, 0.3) is 11.1 Å². The summed E-state index contributed by atoms with van der Waals surface area (Å²) in [6.45, 7) is 0.0882. The molecule has 0 bridgehead atoms. The van der Waals surface area contributed by atoms with E-state index in [0.717, 1.165) is 22.3 Å². The molecule has 1 amide bonds. The van der Waals surface area contributed by atoms with Crippen LogP contribution in [0, 0.1) is 11.3 Å². The van der Waals surface area contributed by atoms with E-state index in [4.69, 9.17) is 10.00 Å². The van der Waals surface area contributed by atoms with Gasteiger partial charge in [-0.25, -0.2) is 9.59 Å². The van der Waals surface area contributed by atoms with Gasteiger partial charge < -0.3 is 15.2 Å². The van der Waals surface area contributed by atoms with Crippen molar-refractivity contribution in [1.82, 2.24) is 10.3 Å². The van der Waals surface area contributed by atoms with Crippen LogP contribution < -0.4 is 5.32 Å². The first kappa shape index (κ1) is 20.1. The molecular formula is C24H19N3O4. The zero-order valence-electron chi connectivity index (χ0n) is 16.5. The lowest BCUT2D eigenvalue weighted by atomic mass is 9.98. The third kappa shape index (κ3) is 4.09. The number of carbonyl (C=O) groups is 2. The monoisotopic (exact) mass is 413 g/mol. The number of hydrogen-bond donors (Lipinski definition) is 2. The van der Waals surface area contributed by atoms with Gasteiger partial charge in [0, 0.05) is 24.7 Å².